The maximum atomic E-state index is 13.7. The van der Waals surface area contributed by atoms with Gasteiger partial charge in [-0.05, 0) is 25.3 Å². The summed E-state index contributed by atoms with van der Waals surface area (Å²) >= 11 is 0. The summed E-state index contributed by atoms with van der Waals surface area (Å²) in [5.41, 5.74) is -0.513. The Morgan fingerprint density at radius 2 is 2.06 bits per heavy atom. The Hall–Kier alpha value is -1.70. The molecule has 1 saturated carbocycles. The number of nitriles is 1. The van der Waals surface area contributed by atoms with Gasteiger partial charge in [0, 0.05) is 11.6 Å². The molecule has 17 heavy (non-hydrogen) atoms. The summed E-state index contributed by atoms with van der Waals surface area (Å²) in [6, 6.07) is 5.63. The molecule has 1 aliphatic carbocycles. The fourth-order valence-corrected chi connectivity index (χ4v) is 2.03. The number of hydrogen-bond acceptors (Lipinski definition) is 2. The lowest BCUT2D eigenvalue weighted by atomic mass is 9.65. The van der Waals surface area contributed by atoms with Crippen molar-refractivity contribution in [2.75, 3.05) is 0 Å². The van der Waals surface area contributed by atoms with E-state index in [1.54, 1.807) is 0 Å². The van der Waals surface area contributed by atoms with Crippen LogP contribution in [0.1, 0.15) is 24.8 Å². The van der Waals surface area contributed by atoms with Crippen molar-refractivity contribution < 1.29 is 17.9 Å². The Morgan fingerprint density at radius 1 is 1.35 bits per heavy atom. The number of halogens is 3. The molecule has 1 aromatic carbocycles. The highest BCUT2D eigenvalue weighted by Crippen LogP contribution is 2.44. The van der Waals surface area contributed by atoms with E-state index in [0.29, 0.717) is 12.8 Å². The summed E-state index contributed by atoms with van der Waals surface area (Å²) in [5, 5.41) is 9.06. The third-order valence-corrected chi connectivity index (χ3v) is 3.10. The Balaban J connectivity index is 2.29. The summed E-state index contributed by atoms with van der Waals surface area (Å²) in [6.07, 6.45) is 2.09. The molecule has 2 nitrogen and oxygen atoms in total. The molecule has 1 fully saturated rings. The summed E-state index contributed by atoms with van der Waals surface area (Å²) in [4.78, 5) is 0. The maximum Gasteiger partial charge on any atom is 0.387 e. The van der Waals surface area contributed by atoms with Gasteiger partial charge in [0.05, 0.1) is 11.5 Å². The van der Waals surface area contributed by atoms with E-state index in [1.165, 1.54) is 12.1 Å². The molecule has 1 aliphatic rings. The molecule has 0 amide bonds. The van der Waals surface area contributed by atoms with E-state index in [4.69, 9.17) is 5.26 Å². The number of ether oxygens (including phenoxy) is 1. The molecule has 0 atom stereocenters. The number of nitrogens with zero attached hydrogens (tertiary/aromatic N) is 1. The average molecular weight is 241 g/mol. The second-order valence-corrected chi connectivity index (χ2v) is 4.07. The van der Waals surface area contributed by atoms with Crippen molar-refractivity contribution in [2.45, 2.75) is 31.3 Å². The van der Waals surface area contributed by atoms with Gasteiger partial charge in [-0.3, -0.25) is 0 Å². The third-order valence-electron chi connectivity index (χ3n) is 3.10. The Morgan fingerprint density at radius 3 is 2.47 bits per heavy atom. The van der Waals surface area contributed by atoms with Crippen LogP contribution in [0.15, 0.2) is 18.2 Å². The van der Waals surface area contributed by atoms with Gasteiger partial charge < -0.3 is 4.74 Å². The normalized spacial score (nSPS) is 17.4. The van der Waals surface area contributed by atoms with Crippen molar-refractivity contribution in [3.05, 3.63) is 29.6 Å². The SMILES string of the molecule is N#CC1(c2ccc(OC(F)F)cc2F)CCC1. The predicted octanol–water partition coefficient (Wildman–Crippen LogP) is 3.37. The van der Waals surface area contributed by atoms with Gasteiger partial charge in [0.25, 0.3) is 0 Å². The molecular formula is C12H10F3NO. The van der Waals surface area contributed by atoms with Gasteiger partial charge in [0.2, 0.25) is 0 Å². The van der Waals surface area contributed by atoms with Crippen LogP contribution in [0.2, 0.25) is 0 Å². The van der Waals surface area contributed by atoms with Gasteiger partial charge in [0.1, 0.15) is 11.6 Å². The highest BCUT2D eigenvalue weighted by atomic mass is 19.3. The Labute approximate surface area is 96.6 Å². The molecule has 0 spiro atoms. The fraction of sp³-hybridized carbons (Fsp3) is 0.417. The second kappa shape index (κ2) is 4.28. The molecule has 0 saturated heterocycles. The van der Waals surface area contributed by atoms with E-state index in [9.17, 15) is 13.2 Å². The zero-order valence-corrected chi connectivity index (χ0v) is 8.92. The van der Waals surface area contributed by atoms with Gasteiger partial charge in [-0.15, -0.1) is 0 Å². The minimum Gasteiger partial charge on any atom is -0.435 e. The molecule has 0 bridgehead atoms. The third kappa shape index (κ3) is 2.07. The Kier molecular flexibility index (Phi) is 2.97. The lowest BCUT2D eigenvalue weighted by Gasteiger charge is -2.35. The van der Waals surface area contributed by atoms with Gasteiger partial charge in [-0.2, -0.15) is 14.0 Å². The first-order chi connectivity index (χ1) is 8.07. The van der Waals surface area contributed by atoms with Crippen LogP contribution >= 0.6 is 0 Å². The standard InChI is InChI=1S/C12H10F3NO/c13-10-6-8(17-11(14)15)2-3-9(10)12(7-16)4-1-5-12/h2-3,6,11H,1,4-5H2. The van der Waals surface area contributed by atoms with E-state index in [1.807, 2.05) is 0 Å². The zero-order valence-electron chi connectivity index (χ0n) is 8.92. The van der Waals surface area contributed by atoms with Crippen LogP contribution in [0.5, 0.6) is 5.75 Å². The largest absolute Gasteiger partial charge is 0.435 e. The summed E-state index contributed by atoms with van der Waals surface area (Å²) < 4.78 is 41.7. The summed E-state index contributed by atoms with van der Waals surface area (Å²) in [6.45, 7) is -2.98. The van der Waals surface area contributed by atoms with Crippen LogP contribution < -0.4 is 4.74 Å². The van der Waals surface area contributed by atoms with Gasteiger partial charge in [-0.1, -0.05) is 6.07 Å². The van der Waals surface area contributed by atoms with Gasteiger partial charge in [0.15, 0.2) is 0 Å². The molecule has 0 heterocycles. The predicted molar refractivity (Wildman–Crippen MR) is 54.2 cm³/mol. The van der Waals surface area contributed by atoms with Crippen LogP contribution in [0.4, 0.5) is 13.2 Å². The summed E-state index contributed by atoms with van der Waals surface area (Å²) in [5.74, 6) is -0.891. The molecule has 90 valence electrons. The first kappa shape index (κ1) is 11.8. The minimum atomic E-state index is -2.98. The van der Waals surface area contributed by atoms with Crippen molar-refractivity contribution in [1.29, 1.82) is 5.26 Å². The lowest BCUT2D eigenvalue weighted by Crippen LogP contribution is -2.33. The first-order valence-corrected chi connectivity index (χ1v) is 5.23. The highest BCUT2D eigenvalue weighted by Gasteiger charge is 2.41. The second-order valence-electron chi connectivity index (χ2n) is 4.07. The fourth-order valence-electron chi connectivity index (χ4n) is 2.03. The van der Waals surface area contributed by atoms with Crippen LogP contribution in [-0.4, -0.2) is 6.61 Å². The average Bonchev–Trinajstić information content (AvgIpc) is 2.19. The molecule has 0 aliphatic heterocycles. The molecular weight excluding hydrogens is 231 g/mol. The number of rotatable bonds is 3. The smallest absolute Gasteiger partial charge is 0.387 e. The number of benzene rings is 1. The van der Waals surface area contributed by atoms with Crippen molar-refractivity contribution >= 4 is 0 Å². The molecule has 5 heteroatoms. The minimum absolute atomic E-state index is 0.228. The van der Waals surface area contributed by atoms with Crippen molar-refractivity contribution in [3.63, 3.8) is 0 Å². The molecule has 2 rings (SSSR count). The first-order valence-electron chi connectivity index (χ1n) is 5.23. The highest BCUT2D eigenvalue weighted by molar-refractivity contribution is 5.40. The molecule has 1 aromatic rings. The van der Waals surface area contributed by atoms with Crippen LogP contribution in [0, 0.1) is 17.1 Å². The topological polar surface area (TPSA) is 33.0 Å². The van der Waals surface area contributed by atoms with E-state index in [2.05, 4.69) is 10.8 Å². The molecule has 0 N–H and O–H groups in total. The molecule has 0 unspecified atom stereocenters. The van der Waals surface area contributed by atoms with Crippen LogP contribution in [-0.2, 0) is 5.41 Å². The molecule has 0 aromatic heterocycles. The van der Waals surface area contributed by atoms with Crippen molar-refractivity contribution in [1.82, 2.24) is 0 Å². The number of alkyl halides is 2. The maximum absolute atomic E-state index is 13.7. The van der Waals surface area contributed by atoms with Crippen molar-refractivity contribution in [3.8, 4) is 11.8 Å². The number of hydrogen-bond donors (Lipinski definition) is 0. The summed E-state index contributed by atoms with van der Waals surface area (Å²) in [7, 11) is 0. The van der Waals surface area contributed by atoms with Gasteiger partial charge >= 0.3 is 6.61 Å². The van der Waals surface area contributed by atoms with Crippen molar-refractivity contribution in [2.24, 2.45) is 0 Å². The van der Waals surface area contributed by atoms with Crippen LogP contribution in [0.3, 0.4) is 0 Å². The van der Waals surface area contributed by atoms with E-state index < -0.39 is 17.8 Å². The zero-order chi connectivity index (χ0) is 12.5. The van der Waals surface area contributed by atoms with E-state index in [-0.39, 0.29) is 11.3 Å². The quantitative estimate of drug-likeness (QED) is 0.812. The monoisotopic (exact) mass is 241 g/mol. The Bertz CT molecular complexity index is 463. The lowest BCUT2D eigenvalue weighted by molar-refractivity contribution is -0.0500. The van der Waals surface area contributed by atoms with Crippen LogP contribution in [0.25, 0.3) is 0 Å². The van der Waals surface area contributed by atoms with E-state index in [0.717, 1.165) is 12.5 Å². The van der Waals surface area contributed by atoms with E-state index >= 15 is 0 Å². The molecule has 0 radical (unpaired) electrons. The van der Waals surface area contributed by atoms with Gasteiger partial charge in [-0.25, -0.2) is 4.39 Å².